The molecule has 1 amide bonds. The molecule has 1 atom stereocenters. The molecule has 0 aromatic heterocycles. The van der Waals surface area contributed by atoms with Crippen molar-refractivity contribution in [3.63, 3.8) is 0 Å². The van der Waals surface area contributed by atoms with Gasteiger partial charge in [0.2, 0.25) is 0 Å². The van der Waals surface area contributed by atoms with E-state index in [0.717, 1.165) is 22.3 Å². The van der Waals surface area contributed by atoms with Gasteiger partial charge in [0.05, 0.1) is 11.1 Å². The summed E-state index contributed by atoms with van der Waals surface area (Å²) in [5.74, 6) is -0.414. The summed E-state index contributed by atoms with van der Waals surface area (Å²) < 4.78 is 28.7. The van der Waals surface area contributed by atoms with Crippen LogP contribution in [0.1, 0.15) is 38.7 Å². The molecular weight excluding hydrogens is 480 g/mol. The number of hydrogen-bond acceptors (Lipinski definition) is 3. The fraction of sp³-hybridized carbons (Fsp3) is 0.107. The SMILES string of the molecule is Cc1ccc([C@H](NC(=O)c2ccc(Cl)c(S(=O)(=O)Nc3cccc(C)c3)c2)c2ccccc2)cc1. The van der Waals surface area contributed by atoms with E-state index >= 15 is 0 Å². The molecule has 0 saturated heterocycles. The van der Waals surface area contributed by atoms with Gasteiger partial charge >= 0.3 is 0 Å². The van der Waals surface area contributed by atoms with Crippen LogP contribution in [-0.2, 0) is 10.0 Å². The third-order valence-corrected chi connectivity index (χ3v) is 7.44. The van der Waals surface area contributed by atoms with E-state index < -0.39 is 22.0 Å². The van der Waals surface area contributed by atoms with Crippen LogP contribution in [0.5, 0.6) is 0 Å². The van der Waals surface area contributed by atoms with Crippen molar-refractivity contribution in [3.05, 3.63) is 130 Å². The Morgan fingerprint density at radius 3 is 2.14 bits per heavy atom. The Hall–Kier alpha value is -3.61. The van der Waals surface area contributed by atoms with E-state index in [1.165, 1.54) is 18.2 Å². The zero-order chi connectivity index (χ0) is 25.0. The summed E-state index contributed by atoms with van der Waals surface area (Å²) in [6.07, 6.45) is 0. The maximum absolute atomic E-state index is 13.3. The van der Waals surface area contributed by atoms with Gasteiger partial charge in [-0.3, -0.25) is 9.52 Å². The van der Waals surface area contributed by atoms with Crippen LogP contribution in [0, 0.1) is 13.8 Å². The molecule has 178 valence electrons. The van der Waals surface area contributed by atoms with E-state index in [0.29, 0.717) is 5.69 Å². The molecule has 7 heteroatoms. The second kappa shape index (κ2) is 10.3. The van der Waals surface area contributed by atoms with Crippen molar-refractivity contribution in [1.82, 2.24) is 5.32 Å². The van der Waals surface area contributed by atoms with Crippen molar-refractivity contribution in [1.29, 1.82) is 0 Å². The van der Waals surface area contributed by atoms with Crippen molar-refractivity contribution in [2.45, 2.75) is 24.8 Å². The summed E-state index contributed by atoms with van der Waals surface area (Å²) >= 11 is 6.24. The number of amides is 1. The minimum absolute atomic E-state index is 0.0276. The molecule has 0 aliphatic heterocycles. The van der Waals surface area contributed by atoms with Gasteiger partial charge in [-0.25, -0.2) is 8.42 Å². The van der Waals surface area contributed by atoms with Gasteiger partial charge in [0.1, 0.15) is 4.90 Å². The molecule has 35 heavy (non-hydrogen) atoms. The summed E-state index contributed by atoms with van der Waals surface area (Å²) in [6.45, 7) is 3.87. The number of aryl methyl sites for hydroxylation is 2. The number of carbonyl (C=O) groups is 1. The van der Waals surface area contributed by atoms with Crippen LogP contribution >= 0.6 is 11.6 Å². The van der Waals surface area contributed by atoms with Crippen LogP contribution < -0.4 is 10.0 Å². The largest absolute Gasteiger partial charge is 0.341 e. The first kappa shape index (κ1) is 24.5. The van der Waals surface area contributed by atoms with E-state index in [-0.39, 0.29) is 15.5 Å². The van der Waals surface area contributed by atoms with Gasteiger partial charge in [0.15, 0.2) is 0 Å². The predicted octanol–water partition coefficient (Wildman–Crippen LogP) is 6.28. The highest BCUT2D eigenvalue weighted by atomic mass is 35.5. The van der Waals surface area contributed by atoms with Crippen LogP contribution in [0.2, 0.25) is 5.02 Å². The lowest BCUT2D eigenvalue weighted by Crippen LogP contribution is -2.29. The number of anilines is 1. The monoisotopic (exact) mass is 504 g/mol. The van der Waals surface area contributed by atoms with Crippen LogP contribution in [-0.4, -0.2) is 14.3 Å². The van der Waals surface area contributed by atoms with E-state index in [1.54, 1.807) is 18.2 Å². The number of nitrogens with one attached hydrogen (secondary N) is 2. The first-order valence-corrected chi connectivity index (χ1v) is 12.9. The normalized spacial score (nSPS) is 12.1. The van der Waals surface area contributed by atoms with E-state index in [2.05, 4.69) is 10.0 Å². The van der Waals surface area contributed by atoms with Gasteiger partial charge < -0.3 is 5.32 Å². The number of hydrogen-bond donors (Lipinski definition) is 2. The van der Waals surface area contributed by atoms with E-state index in [1.807, 2.05) is 74.5 Å². The molecule has 0 aliphatic rings. The molecule has 0 heterocycles. The average Bonchev–Trinajstić information content (AvgIpc) is 2.83. The Morgan fingerprint density at radius 2 is 1.46 bits per heavy atom. The van der Waals surface area contributed by atoms with Gasteiger partial charge in [0, 0.05) is 11.3 Å². The lowest BCUT2D eigenvalue weighted by molar-refractivity contribution is 0.0942. The third-order valence-electron chi connectivity index (χ3n) is 5.57. The highest BCUT2D eigenvalue weighted by molar-refractivity contribution is 7.92. The van der Waals surface area contributed by atoms with Crippen molar-refractivity contribution in [2.24, 2.45) is 0 Å². The Morgan fingerprint density at radius 1 is 0.771 bits per heavy atom. The van der Waals surface area contributed by atoms with Crippen molar-refractivity contribution >= 4 is 33.2 Å². The van der Waals surface area contributed by atoms with Crippen LogP contribution in [0.15, 0.2) is 102 Å². The van der Waals surface area contributed by atoms with E-state index in [4.69, 9.17) is 11.6 Å². The first-order valence-electron chi connectivity index (χ1n) is 11.0. The maximum atomic E-state index is 13.3. The fourth-order valence-electron chi connectivity index (χ4n) is 3.75. The standard InChI is InChI=1S/C28H25ClN2O3S/c1-19-11-13-22(14-12-19)27(21-8-4-3-5-9-21)30-28(32)23-15-16-25(29)26(18-23)35(33,34)31-24-10-6-7-20(2)17-24/h3-18,27,31H,1-2H3,(H,30,32)/t27-/m1/s1. The quantitative estimate of drug-likeness (QED) is 0.311. The molecule has 0 aliphatic carbocycles. The van der Waals surface area contributed by atoms with Crippen molar-refractivity contribution < 1.29 is 13.2 Å². The highest BCUT2D eigenvalue weighted by Crippen LogP contribution is 2.27. The summed E-state index contributed by atoms with van der Waals surface area (Å²) in [5, 5.41) is 3.07. The third kappa shape index (κ3) is 5.91. The smallest absolute Gasteiger partial charge is 0.263 e. The van der Waals surface area contributed by atoms with Gasteiger partial charge in [-0.05, 0) is 60.9 Å². The Labute approximate surface area is 210 Å². The fourth-order valence-corrected chi connectivity index (χ4v) is 5.32. The number of halogens is 1. The lowest BCUT2D eigenvalue weighted by atomic mass is 9.97. The second-order valence-electron chi connectivity index (χ2n) is 8.35. The van der Waals surface area contributed by atoms with Crippen LogP contribution in [0.4, 0.5) is 5.69 Å². The summed E-state index contributed by atoms with van der Waals surface area (Å²) in [5.41, 5.74) is 4.45. The maximum Gasteiger partial charge on any atom is 0.263 e. The highest BCUT2D eigenvalue weighted by Gasteiger charge is 2.23. The Kier molecular flexibility index (Phi) is 7.24. The lowest BCUT2D eigenvalue weighted by Gasteiger charge is -2.20. The summed E-state index contributed by atoms with van der Waals surface area (Å²) in [4.78, 5) is 13.1. The molecular formula is C28H25ClN2O3S. The second-order valence-corrected chi connectivity index (χ2v) is 10.4. The van der Waals surface area contributed by atoms with Gasteiger partial charge in [-0.2, -0.15) is 0 Å². The molecule has 4 aromatic carbocycles. The van der Waals surface area contributed by atoms with Gasteiger partial charge in [-0.1, -0.05) is 83.9 Å². The molecule has 4 aromatic rings. The van der Waals surface area contributed by atoms with Gasteiger partial charge in [-0.15, -0.1) is 0 Å². The zero-order valence-electron chi connectivity index (χ0n) is 19.3. The molecule has 4 rings (SSSR count). The molecule has 0 bridgehead atoms. The number of rotatable bonds is 7. The van der Waals surface area contributed by atoms with Crippen LogP contribution in [0.3, 0.4) is 0 Å². The Balaban J connectivity index is 1.65. The zero-order valence-corrected chi connectivity index (χ0v) is 20.9. The Bertz CT molecular complexity index is 1450. The number of sulfonamides is 1. The molecule has 0 spiro atoms. The van der Waals surface area contributed by atoms with Crippen molar-refractivity contribution in [2.75, 3.05) is 4.72 Å². The molecule has 5 nitrogen and oxygen atoms in total. The minimum atomic E-state index is -4.02. The number of carbonyl (C=O) groups excluding carboxylic acids is 1. The predicted molar refractivity (Wildman–Crippen MR) is 140 cm³/mol. The molecule has 0 saturated carbocycles. The summed E-state index contributed by atoms with van der Waals surface area (Å²) in [6, 6.07) is 28.3. The first-order chi connectivity index (χ1) is 16.7. The molecule has 0 radical (unpaired) electrons. The topological polar surface area (TPSA) is 75.3 Å². The number of benzene rings is 4. The molecule has 0 fully saturated rings. The average molecular weight is 505 g/mol. The van der Waals surface area contributed by atoms with Crippen LogP contribution in [0.25, 0.3) is 0 Å². The van der Waals surface area contributed by atoms with Gasteiger partial charge in [0.25, 0.3) is 15.9 Å². The molecule has 0 unspecified atom stereocenters. The molecule has 2 N–H and O–H groups in total. The van der Waals surface area contributed by atoms with E-state index in [9.17, 15) is 13.2 Å². The minimum Gasteiger partial charge on any atom is -0.341 e. The summed E-state index contributed by atoms with van der Waals surface area (Å²) in [7, 11) is -4.02. The van der Waals surface area contributed by atoms with Crippen molar-refractivity contribution in [3.8, 4) is 0 Å².